The predicted octanol–water partition coefficient (Wildman–Crippen LogP) is 3.99. The van der Waals surface area contributed by atoms with E-state index in [2.05, 4.69) is 31.3 Å². The van der Waals surface area contributed by atoms with Gasteiger partial charge in [0, 0.05) is 12.5 Å². The van der Waals surface area contributed by atoms with Gasteiger partial charge in [0.1, 0.15) is 11.7 Å². The highest BCUT2D eigenvalue weighted by atomic mass is 16.6. The third kappa shape index (κ3) is 9.17. The van der Waals surface area contributed by atoms with Crippen LogP contribution in [0.2, 0.25) is 0 Å². The molecule has 1 N–H and O–H groups in total. The second kappa shape index (κ2) is 12.2. The molecule has 1 aromatic rings. The highest BCUT2D eigenvalue weighted by molar-refractivity contribution is 5.81. The molecule has 7 nitrogen and oxygen atoms in total. The Balaban J connectivity index is 2.14. The third-order valence-electron chi connectivity index (χ3n) is 5.20. The zero-order valence-electron chi connectivity index (χ0n) is 20.3. The topological polar surface area (TPSA) is 83.1 Å². The molecule has 0 unspecified atom stereocenters. The van der Waals surface area contributed by atoms with Gasteiger partial charge in [0.2, 0.25) is 0 Å². The Morgan fingerprint density at radius 2 is 1.88 bits per heavy atom. The smallest absolute Gasteiger partial charge is 0.408 e. The fraction of sp³-hybridized carbons (Fsp3) is 0.680. The molecule has 1 amide bonds. The first-order valence-electron chi connectivity index (χ1n) is 11.4. The van der Waals surface area contributed by atoms with Crippen LogP contribution in [-0.4, -0.2) is 56.2 Å². The minimum absolute atomic E-state index is 0.0235. The normalized spacial score (nSPS) is 24.8. The lowest BCUT2D eigenvalue weighted by Gasteiger charge is -2.31. The molecule has 1 aliphatic heterocycles. The lowest BCUT2D eigenvalue weighted by molar-refractivity contribution is -0.155. The third-order valence-corrected chi connectivity index (χ3v) is 5.20. The summed E-state index contributed by atoms with van der Waals surface area (Å²) in [6, 6.07) is 9.26. The molecule has 1 heterocycles. The van der Waals surface area contributed by atoms with E-state index in [4.69, 9.17) is 18.9 Å². The quantitative estimate of drug-likeness (QED) is 0.634. The number of amides is 1. The van der Waals surface area contributed by atoms with E-state index in [0.717, 1.165) is 6.42 Å². The Morgan fingerprint density at radius 1 is 1.19 bits per heavy atom. The summed E-state index contributed by atoms with van der Waals surface area (Å²) in [7, 11) is 0. The van der Waals surface area contributed by atoms with Crippen LogP contribution in [0.5, 0.6) is 0 Å². The summed E-state index contributed by atoms with van der Waals surface area (Å²) in [5.41, 5.74) is 0.524. The number of alkyl carbamates (subject to hydrolysis) is 1. The molecule has 2 rings (SSSR count). The molecule has 0 aliphatic carbocycles. The van der Waals surface area contributed by atoms with Crippen molar-refractivity contribution in [3.63, 3.8) is 0 Å². The first-order chi connectivity index (χ1) is 15.0. The summed E-state index contributed by atoms with van der Waals surface area (Å²) in [4.78, 5) is 25.0. The van der Waals surface area contributed by atoms with Crippen LogP contribution in [-0.2, 0) is 30.2 Å². The number of hydrogen-bond acceptors (Lipinski definition) is 6. The molecule has 0 radical (unpaired) electrons. The zero-order chi connectivity index (χ0) is 23.7. The minimum Gasteiger partial charge on any atom is -0.461 e. The van der Waals surface area contributed by atoms with Crippen LogP contribution in [0, 0.1) is 17.8 Å². The summed E-state index contributed by atoms with van der Waals surface area (Å²) in [5.74, 6) is -0.0705. The fourth-order valence-corrected chi connectivity index (χ4v) is 3.65. The summed E-state index contributed by atoms with van der Waals surface area (Å²) in [5, 5.41) is 2.59. The second-order valence-electron chi connectivity index (χ2n) is 9.92. The standard InChI is InChI=1S/C25H39NO6/c1-17(2)13-29-15-21-18(3)31-23(27)22(26-24(28)32-25(4,5)6)16-30-14-20(21)12-19-10-8-7-9-11-19/h7-11,17-18,20-22H,12-16H2,1-6H3,(H,26,28)/t18-,20-,21-,22-/m0/s1. The number of carbonyl (C=O) groups excluding carboxylic acids is 2. The van der Waals surface area contributed by atoms with E-state index in [1.54, 1.807) is 20.8 Å². The Hall–Kier alpha value is -2.12. The molecule has 0 aromatic heterocycles. The predicted molar refractivity (Wildman–Crippen MR) is 122 cm³/mol. The SMILES string of the molecule is CC(C)COC[C@@H]1[C@@H](Cc2ccccc2)COC[C@H](NC(=O)OC(C)(C)C)C(=O)O[C@H]1C. The highest BCUT2D eigenvalue weighted by Crippen LogP contribution is 2.26. The number of hydrogen-bond donors (Lipinski definition) is 1. The van der Waals surface area contributed by atoms with Crippen LogP contribution < -0.4 is 5.32 Å². The van der Waals surface area contributed by atoms with E-state index in [9.17, 15) is 9.59 Å². The second-order valence-corrected chi connectivity index (χ2v) is 9.92. The maximum Gasteiger partial charge on any atom is 0.408 e. The Morgan fingerprint density at radius 3 is 2.50 bits per heavy atom. The van der Waals surface area contributed by atoms with Crippen LogP contribution in [0.25, 0.3) is 0 Å². The molecule has 1 fully saturated rings. The maximum atomic E-state index is 12.8. The minimum atomic E-state index is -0.931. The van der Waals surface area contributed by atoms with Gasteiger partial charge >= 0.3 is 12.1 Å². The van der Waals surface area contributed by atoms with Crippen molar-refractivity contribution in [1.29, 1.82) is 0 Å². The molecule has 0 bridgehead atoms. The van der Waals surface area contributed by atoms with Gasteiger partial charge in [0.15, 0.2) is 6.04 Å². The number of rotatable bonds is 7. The van der Waals surface area contributed by atoms with Crippen molar-refractivity contribution in [1.82, 2.24) is 5.32 Å². The van der Waals surface area contributed by atoms with E-state index < -0.39 is 29.8 Å². The Labute approximate surface area is 192 Å². The molecular formula is C25H39NO6. The summed E-state index contributed by atoms with van der Waals surface area (Å²) in [6.45, 7) is 12.9. The van der Waals surface area contributed by atoms with E-state index in [0.29, 0.717) is 25.7 Å². The van der Waals surface area contributed by atoms with Gasteiger partial charge in [-0.15, -0.1) is 0 Å². The van der Waals surface area contributed by atoms with Gasteiger partial charge < -0.3 is 24.3 Å². The van der Waals surface area contributed by atoms with Gasteiger partial charge in [0.25, 0.3) is 0 Å². The number of cyclic esters (lactones) is 1. The monoisotopic (exact) mass is 449 g/mol. The molecule has 1 aromatic carbocycles. The van der Waals surface area contributed by atoms with E-state index in [1.165, 1.54) is 5.56 Å². The Bertz CT molecular complexity index is 715. The van der Waals surface area contributed by atoms with Crippen LogP contribution in [0.3, 0.4) is 0 Å². The summed E-state index contributed by atoms with van der Waals surface area (Å²) < 4.78 is 23.0. The Kier molecular flexibility index (Phi) is 9.97. The lowest BCUT2D eigenvalue weighted by atomic mass is 9.84. The van der Waals surface area contributed by atoms with E-state index in [1.807, 2.05) is 25.1 Å². The van der Waals surface area contributed by atoms with Crippen LogP contribution >= 0.6 is 0 Å². The van der Waals surface area contributed by atoms with Crippen molar-refractivity contribution in [2.24, 2.45) is 17.8 Å². The van der Waals surface area contributed by atoms with Crippen molar-refractivity contribution >= 4 is 12.1 Å². The molecular weight excluding hydrogens is 410 g/mol. The molecule has 0 saturated carbocycles. The average molecular weight is 450 g/mol. The van der Waals surface area contributed by atoms with Crippen LogP contribution in [0.4, 0.5) is 4.79 Å². The van der Waals surface area contributed by atoms with E-state index >= 15 is 0 Å². The zero-order valence-corrected chi connectivity index (χ0v) is 20.3. The van der Waals surface area contributed by atoms with Crippen molar-refractivity contribution in [3.8, 4) is 0 Å². The summed E-state index contributed by atoms with van der Waals surface area (Å²) in [6.07, 6.45) is -0.289. The van der Waals surface area contributed by atoms with E-state index in [-0.39, 0.29) is 18.4 Å². The average Bonchev–Trinajstić information content (AvgIpc) is 2.72. The molecule has 0 spiro atoms. The van der Waals surface area contributed by atoms with Gasteiger partial charge in [-0.2, -0.15) is 0 Å². The maximum absolute atomic E-state index is 12.8. The molecule has 7 heteroatoms. The number of benzene rings is 1. The van der Waals surface area contributed by atoms with Crippen LogP contribution in [0.15, 0.2) is 30.3 Å². The van der Waals surface area contributed by atoms with Gasteiger partial charge in [-0.05, 0) is 51.5 Å². The van der Waals surface area contributed by atoms with Gasteiger partial charge in [0.05, 0.1) is 19.8 Å². The number of carbonyl (C=O) groups is 2. The van der Waals surface area contributed by atoms with Crippen molar-refractivity contribution in [3.05, 3.63) is 35.9 Å². The molecule has 1 aliphatic rings. The first kappa shape index (κ1) is 26.1. The number of nitrogens with one attached hydrogen (secondary N) is 1. The van der Waals surface area contributed by atoms with Gasteiger partial charge in [-0.1, -0.05) is 44.2 Å². The van der Waals surface area contributed by atoms with Crippen molar-refractivity contribution in [2.75, 3.05) is 26.4 Å². The molecule has 32 heavy (non-hydrogen) atoms. The van der Waals surface area contributed by atoms with Crippen molar-refractivity contribution < 1.29 is 28.5 Å². The highest BCUT2D eigenvalue weighted by Gasteiger charge is 2.35. The molecule has 1 saturated heterocycles. The fourth-order valence-electron chi connectivity index (χ4n) is 3.65. The lowest BCUT2D eigenvalue weighted by Crippen LogP contribution is -2.47. The van der Waals surface area contributed by atoms with Crippen molar-refractivity contribution in [2.45, 2.75) is 65.7 Å². The van der Waals surface area contributed by atoms with Gasteiger partial charge in [-0.3, -0.25) is 0 Å². The van der Waals surface area contributed by atoms with Gasteiger partial charge in [-0.25, -0.2) is 9.59 Å². The molecule has 4 atom stereocenters. The largest absolute Gasteiger partial charge is 0.461 e. The van der Waals surface area contributed by atoms with Crippen LogP contribution in [0.1, 0.15) is 47.1 Å². The first-order valence-corrected chi connectivity index (χ1v) is 11.4. The number of ether oxygens (including phenoxy) is 4. The molecule has 180 valence electrons. The summed E-state index contributed by atoms with van der Waals surface area (Å²) >= 11 is 0. The number of esters is 1.